The molecule has 0 radical (unpaired) electrons. The number of hydrogen-bond acceptors (Lipinski definition) is 3. The van der Waals surface area contributed by atoms with Crippen LogP contribution in [0, 0.1) is 5.92 Å². The van der Waals surface area contributed by atoms with E-state index < -0.39 is 0 Å². The van der Waals surface area contributed by atoms with Crippen LogP contribution in [-0.4, -0.2) is 35.3 Å². The first kappa shape index (κ1) is 18.1. The first-order chi connectivity index (χ1) is 10.1. The SMILES string of the molecule is CCCCC(CC)CNC1CC(=O)N(C(CC)CC)C1=O. The zero-order valence-corrected chi connectivity index (χ0v) is 14.2. The molecule has 1 rings (SSSR count). The van der Waals surface area contributed by atoms with Gasteiger partial charge in [-0.3, -0.25) is 14.5 Å². The van der Waals surface area contributed by atoms with Gasteiger partial charge >= 0.3 is 0 Å². The quantitative estimate of drug-likeness (QED) is 0.630. The van der Waals surface area contributed by atoms with E-state index in [4.69, 9.17) is 0 Å². The van der Waals surface area contributed by atoms with E-state index in [9.17, 15) is 9.59 Å². The largest absolute Gasteiger partial charge is 0.305 e. The van der Waals surface area contributed by atoms with Crippen molar-refractivity contribution in [3.05, 3.63) is 0 Å². The summed E-state index contributed by atoms with van der Waals surface area (Å²) in [7, 11) is 0. The number of unbranched alkanes of at least 4 members (excludes halogenated alkanes) is 1. The third-order valence-corrected chi connectivity index (χ3v) is 4.69. The average molecular weight is 296 g/mol. The second kappa shape index (κ2) is 9.19. The van der Waals surface area contributed by atoms with Gasteiger partial charge in [-0.1, -0.05) is 47.0 Å². The van der Waals surface area contributed by atoms with Crippen molar-refractivity contribution in [1.82, 2.24) is 10.2 Å². The molecule has 122 valence electrons. The maximum absolute atomic E-state index is 12.4. The Morgan fingerprint density at radius 3 is 2.33 bits per heavy atom. The highest BCUT2D eigenvalue weighted by Crippen LogP contribution is 2.21. The Morgan fingerprint density at radius 2 is 1.81 bits per heavy atom. The number of carbonyl (C=O) groups excluding carboxylic acids is 2. The Morgan fingerprint density at radius 1 is 1.14 bits per heavy atom. The van der Waals surface area contributed by atoms with Crippen molar-refractivity contribution in [3.63, 3.8) is 0 Å². The minimum Gasteiger partial charge on any atom is -0.305 e. The fraction of sp³-hybridized carbons (Fsp3) is 0.882. The summed E-state index contributed by atoms with van der Waals surface area (Å²) in [5.74, 6) is 0.585. The molecule has 1 fully saturated rings. The molecule has 0 spiro atoms. The smallest absolute Gasteiger partial charge is 0.247 e. The Labute approximate surface area is 129 Å². The van der Waals surface area contributed by atoms with Gasteiger partial charge in [-0.25, -0.2) is 0 Å². The van der Waals surface area contributed by atoms with E-state index in [2.05, 4.69) is 19.2 Å². The second-order valence-electron chi connectivity index (χ2n) is 6.15. The zero-order chi connectivity index (χ0) is 15.8. The number of amides is 2. The van der Waals surface area contributed by atoms with Crippen molar-refractivity contribution in [2.75, 3.05) is 6.54 Å². The molecule has 0 bridgehead atoms. The molecule has 4 nitrogen and oxygen atoms in total. The van der Waals surface area contributed by atoms with E-state index >= 15 is 0 Å². The third kappa shape index (κ3) is 4.80. The average Bonchev–Trinajstić information content (AvgIpc) is 2.77. The minimum atomic E-state index is -0.297. The van der Waals surface area contributed by atoms with Gasteiger partial charge in [0, 0.05) is 6.04 Å². The van der Waals surface area contributed by atoms with Crippen LogP contribution in [0.1, 0.15) is 72.6 Å². The molecule has 1 N–H and O–H groups in total. The summed E-state index contributed by atoms with van der Waals surface area (Å²) in [5.41, 5.74) is 0. The van der Waals surface area contributed by atoms with E-state index in [1.54, 1.807) is 0 Å². The van der Waals surface area contributed by atoms with Crippen LogP contribution in [-0.2, 0) is 9.59 Å². The molecule has 0 aromatic heterocycles. The molecule has 1 saturated heterocycles. The van der Waals surface area contributed by atoms with Crippen LogP contribution < -0.4 is 5.32 Å². The molecule has 0 aromatic rings. The zero-order valence-electron chi connectivity index (χ0n) is 14.2. The first-order valence-electron chi connectivity index (χ1n) is 8.68. The van der Waals surface area contributed by atoms with Gasteiger partial charge in [0.1, 0.15) is 0 Å². The van der Waals surface area contributed by atoms with Crippen LogP contribution >= 0.6 is 0 Å². The molecule has 0 aromatic carbocycles. The number of hydrogen-bond donors (Lipinski definition) is 1. The summed E-state index contributed by atoms with van der Waals surface area (Å²) in [6.07, 6.45) is 6.78. The van der Waals surface area contributed by atoms with Crippen LogP contribution in [0.15, 0.2) is 0 Å². The molecule has 1 aliphatic heterocycles. The van der Waals surface area contributed by atoms with Gasteiger partial charge < -0.3 is 5.32 Å². The Balaban J connectivity index is 2.54. The van der Waals surface area contributed by atoms with Crippen LogP contribution in [0.5, 0.6) is 0 Å². The third-order valence-electron chi connectivity index (χ3n) is 4.69. The Hall–Kier alpha value is -0.900. The lowest BCUT2D eigenvalue weighted by atomic mass is 9.99. The van der Waals surface area contributed by atoms with E-state index in [0.717, 1.165) is 25.8 Å². The van der Waals surface area contributed by atoms with Gasteiger partial charge in [-0.15, -0.1) is 0 Å². The summed E-state index contributed by atoms with van der Waals surface area (Å²) in [6, 6.07) is -0.229. The summed E-state index contributed by atoms with van der Waals surface area (Å²) in [5, 5.41) is 3.34. The number of nitrogens with zero attached hydrogens (tertiary/aromatic N) is 1. The van der Waals surface area contributed by atoms with E-state index in [1.165, 1.54) is 24.2 Å². The van der Waals surface area contributed by atoms with Crippen LogP contribution in [0.2, 0.25) is 0 Å². The van der Waals surface area contributed by atoms with Crippen molar-refractivity contribution < 1.29 is 9.59 Å². The molecular weight excluding hydrogens is 264 g/mol. The van der Waals surface area contributed by atoms with E-state index in [1.807, 2.05) is 13.8 Å². The van der Waals surface area contributed by atoms with Gasteiger partial charge in [0.05, 0.1) is 12.5 Å². The lowest BCUT2D eigenvalue weighted by Gasteiger charge is -2.24. The molecule has 1 heterocycles. The molecule has 21 heavy (non-hydrogen) atoms. The molecule has 4 heteroatoms. The van der Waals surface area contributed by atoms with Crippen molar-refractivity contribution in [2.24, 2.45) is 5.92 Å². The highest BCUT2D eigenvalue weighted by Gasteiger charge is 2.41. The number of imide groups is 1. The predicted molar refractivity (Wildman–Crippen MR) is 85.9 cm³/mol. The van der Waals surface area contributed by atoms with Crippen LogP contribution in [0.3, 0.4) is 0 Å². The van der Waals surface area contributed by atoms with E-state index in [0.29, 0.717) is 12.3 Å². The lowest BCUT2D eigenvalue weighted by Crippen LogP contribution is -2.44. The highest BCUT2D eigenvalue weighted by molar-refractivity contribution is 6.05. The van der Waals surface area contributed by atoms with E-state index in [-0.39, 0.29) is 23.9 Å². The monoisotopic (exact) mass is 296 g/mol. The molecule has 1 aliphatic rings. The van der Waals surface area contributed by atoms with Gasteiger partial charge in [0.2, 0.25) is 11.8 Å². The van der Waals surface area contributed by atoms with Gasteiger partial charge in [-0.05, 0) is 31.7 Å². The summed E-state index contributed by atoms with van der Waals surface area (Å²) < 4.78 is 0. The van der Waals surface area contributed by atoms with Crippen LogP contribution in [0.25, 0.3) is 0 Å². The van der Waals surface area contributed by atoms with Crippen molar-refractivity contribution in [1.29, 1.82) is 0 Å². The fourth-order valence-electron chi connectivity index (χ4n) is 3.10. The van der Waals surface area contributed by atoms with Crippen molar-refractivity contribution in [3.8, 4) is 0 Å². The standard InChI is InChI=1S/C17H32N2O2/c1-5-9-10-13(6-2)12-18-15-11-16(20)19(17(15)21)14(7-3)8-4/h13-15,18H,5-12H2,1-4H3. The molecule has 0 aliphatic carbocycles. The van der Waals surface area contributed by atoms with Gasteiger partial charge in [0.15, 0.2) is 0 Å². The van der Waals surface area contributed by atoms with Crippen molar-refractivity contribution in [2.45, 2.75) is 84.7 Å². The Kier molecular flexibility index (Phi) is 7.94. The summed E-state index contributed by atoms with van der Waals surface area (Å²) >= 11 is 0. The second-order valence-corrected chi connectivity index (χ2v) is 6.15. The number of carbonyl (C=O) groups is 2. The topological polar surface area (TPSA) is 49.4 Å². The van der Waals surface area contributed by atoms with Crippen molar-refractivity contribution >= 4 is 11.8 Å². The molecule has 2 amide bonds. The maximum atomic E-state index is 12.4. The maximum Gasteiger partial charge on any atom is 0.247 e. The molecule has 2 unspecified atom stereocenters. The molecule has 0 saturated carbocycles. The summed E-state index contributed by atoms with van der Waals surface area (Å²) in [4.78, 5) is 26.0. The lowest BCUT2D eigenvalue weighted by molar-refractivity contribution is -0.141. The first-order valence-corrected chi connectivity index (χ1v) is 8.68. The van der Waals surface area contributed by atoms with Gasteiger partial charge in [-0.2, -0.15) is 0 Å². The van der Waals surface area contributed by atoms with Crippen LogP contribution in [0.4, 0.5) is 0 Å². The Bertz CT molecular complexity index is 340. The highest BCUT2D eigenvalue weighted by atomic mass is 16.2. The van der Waals surface area contributed by atoms with Gasteiger partial charge in [0.25, 0.3) is 0 Å². The normalized spacial score (nSPS) is 20.6. The number of likely N-dealkylation sites (tertiary alicyclic amines) is 1. The fourth-order valence-corrected chi connectivity index (χ4v) is 3.10. The molecule has 2 atom stereocenters. The minimum absolute atomic E-state index is 0.00666. The summed E-state index contributed by atoms with van der Waals surface area (Å²) in [6.45, 7) is 9.31. The number of rotatable bonds is 10. The molecular formula is C17H32N2O2. The predicted octanol–water partition coefficient (Wildman–Crippen LogP) is 3.11. The number of nitrogens with one attached hydrogen (secondary N) is 1.